The van der Waals surface area contributed by atoms with E-state index in [1.807, 2.05) is 19.1 Å². The Hall–Kier alpha value is -2.07. The first kappa shape index (κ1) is 18.7. The fourth-order valence-corrected chi connectivity index (χ4v) is 3.43. The summed E-state index contributed by atoms with van der Waals surface area (Å²) in [4.78, 5) is 14.7. The predicted molar refractivity (Wildman–Crippen MR) is 104 cm³/mol. The summed E-state index contributed by atoms with van der Waals surface area (Å²) in [5.74, 6) is -0.258. The van der Waals surface area contributed by atoms with Crippen molar-refractivity contribution in [2.75, 3.05) is 18.0 Å². The molecule has 3 rings (SSSR count). The van der Waals surface area contributed by atoms with Gasteiger partial charge in [-0.3, -0.25) is 4.79 Å². The lowest BCUT2D eigenvalue weighted by Gasteiger charge is -2.32. The number of amides is 1. The molecule has 1 atom stereocenters. The zero-order valence-electron chi connectivity index (χ0n) is 15.1. The van der Waals surface area contributed by atoms with Gasteiger partial charge in [-0.15, -0.1) is 0 Å². The highest BCUT2D eigenvalue weighted by molar-refractivity contribution is 6.30. The van der Waals surface area contributed by atoms with Crippen LogP contribution in [0.5, 0.6) is 0 Å². The van der Waals surface area contributed by atoms with Crippen molar-refractivity contribution < 1.29 is 9.18 Å². The van der Waals surface area contributed by atoms with E-state index < -0.39 is 11.7 Å². The molecule has 2 aromatic carbocycles. The minimum absolute atomic E-state index is 0.000284. The van der Waals surface area contributed by atoms with Crippen LogP contribution < -0.4 is 10.2 Å². The summed E-state index contributed by atoms with van der Waals surface area (Å²) in [6.07, 6.45) is 2.45. The van der Waals surface area contributed by atoms with E-state index >= 15 is 0 Å². The number of piperidine rings is 1. The van der Waals surface area contributed by atoms with Gasteiger partial charge in [-0.1, -0.05) is 30.7 Å². The Morgan fingerprint density at radius 1 is 1.19 bits per heavy atom. The molecule has 1 heterocycles. The van der Waals surface area contributed by atoms with Gasteiger partial charge < -0.3 is 10.2 Å². The van der Waals surface area contributed by atoms with Gasteiger partial charge in [-0.25, -0.2) is 4.39 Å². The lowest BCUT2D eigenvalue weighted by Crippen LogP contribution is -2.32. The standard InChI is InChI=1S/C21H24ClFN2O/c1-14-9-11-25(12-10-14)18-6-3-16(4-7-18)15(2)24-21(26)19-8-5-17(22)13-20(19)23/h3-8,13-15H,9-12H2,1-2H3,(H,24,26). The maximum absolute atomic E-state index is 13.9. The van der Waals surface area contributed by atoms with Gasteiger partial charge >= 0.3 is 0 Å². The first-order valence-electron chi connectivity index (χ1n) is 9.05. The van der Waals surface area contributed by atoms with Gasteiger partial charge in [0.05, 0.1) is 11.6 Å². The van der Waals surface area contributed by atoms with Crippen LogP contribution in [0, 0.1) is 11.7 Å². The Balaban J connectivity index is 1.64. The summed E-state index contributed by atoms with van der Waals surface area (Å²) in [6, 6.07) is 12.1. The Bertz CT molecular complexity index is 770. The maximum Gasteiger partial charge on any atom is 0.254 e. The van der Waals surface area contributed by atoms with Gasteiger partial charge in [0.25, 0.3) is 5.91 Å². The highest BCUT2D eigenvalue weighted by Crippen LogP contribution is 2.25. The molecule has 26 heavy (non-hydrogen) atoms. The van der Waals surface area contributed by atoms with Crippen LogP contribution in [0.25, 0.3) is 0 Å². The van der Waals surface area contributed by atoms with Crippen LogP contribution in [-0.2, 0) is 0 Å². The molecule has 0 spiro atoms. The summed E-state index contributed by atoms with van der Waals surface area (Å²) in [5, 5.41) is 3.11. The fraction of sp³-hybridized carbons (Fsp3) is 0.381. The number of hydrogen-bond donors (Lipinski definition) is 1. The molecule has 3 nitrogen and oxygen atoms in total. The summed E-state index contributed by atoms with van der Waals surface area (Å²) in [7, 11) is 0. The number of halogens is 2. The number of anilines is 1. The predicted octanol–water partition coefficient (Wildman–Crippen LogP) is 5.21. The first-order chi connectivity index (χ1) is 12.4. The Morgan fingerprint density at radius 2 is 1.85 bits per heavy atom. The van der Waals surface area contributed by atoms with E-state index in [0.29, 0.717) is 0 Å². The average molecular weight is 375 g/mol. The third kappa shape index (κ3) is 4.36. The van der Waals surface area contributed by atoms with Crippen LogP contribution in [0.15, 0.2) is 42.5 Å². The zero-order chi connectivity index (χ0) is 18.7. The van der Waals surface area contributed by atoms with Crippen molar-refractivity contribution in [3.63, 3.8) is 0 Å². The average Bonchev–Trinajstić information content (AvgIpc) is 2.62. The highest BCUT2D eigenvalue weighted by Gasteiger charge is 2.18. The Morgan fingerprint density at radius 3 is 2.46 bits per heavy atom. The van der Waals surface area contributed by atoms with Crippen molar-refractivity contribution in [1.82, 2.24) is 5.32 Å². The molecule has 2 aromatic rings. The molecule has 1 fully saturated rings. The van der Waals surface area contributed by atoms with E-state index in [1.54, 1.807) is 0 Å². The number of hydrogen-bond acceptors (Lipinski definition) is 2. The van der Waals surface area contributed by atoms with Crippen LogP contribution in [0.2, 0.25) is 5.02 Å². The number of carbonyl (C=O) groups is 1. The molecule has 0 aliphatic carbocycles. The quantitative estimate of drug-likeness (QED) is 0.797. The topological polar surface area (TPSA) is 32.3 Å². The molecular formula is C21H24ClFN2O. The third-order valence-corrected chi connectivity index (χ3v) is 5.30. The molecule has 1 N–H and O–H groups in total. The number of carbonyl (C=O) groups excluding carboxylic acids is 1. The van der Waals surface area contributed by atoms with Crippen LogP contribution in [0.3, 0.4) is 0 Å². The molecule has 0 saturated carbocycles. The van der Waals surface area contributed by atoms with Gasteiger partial charge in [0, 0.05) is 23.8 Å². The van der Waals surface area contributed by atoms with E-state index in [4.69, 9.17) is 11.6 Å². The van der Waals surface area contributed by atoms with Crippen LogP contribution in [-0.4, -0.2) is 19.0 Å². The second kappa shape index (κ2) is 8.09. The normalized spacial score (nSPS) is 16.4. The van der Waals surface area contributed by atoms with E-state index in [1.165, 1.54) is 30.7 Å². The minimum atomic E-state index is -0.614. The molecule has 1 aliphatic rings. The van der Waals surface area contributed by atoms with Crippen LogP contribution in [0.1, 0.15) is 48.7 Å². The second-order valence-corrected chi connectivity index (χ2v) is 7.52. The number of nitrogens with zero attached hydrogens (tertiary/aromatic N) is 1. The van der Waals surface area contributed by atoms with Gasteiger partial charge in [-0.2, -0.15) is 0 Å². The number of rotatable bonds is 4. The lowest BCUT2D eigenvalue weighted by molar-refractivity contribution is 0.0936. The molecule has 1 unspecified atom stereocenters. The van der Waals surface area contributed by atoms with Crippen LogP contribution >= 0.6 is 11.6 Å². The SMILES string of the molecule is CC1CCN(c2ccc(C(C)NC(=O)c3ccc(Cl)cc3F)cc2)CC1. The molecule has 1 amide bonds. The van der Waals surface area contributed by atoms with Crippen molar-refractivity contribution in [2.24, 2.45) is 5.92 Å². The largest absolute Gasteiger partial charge is 0.372 e. The van der Waals surface area contributed by atoms with Crippen molar-refractivity contribution in [1.29, 1.82) is 0 Å². The monoisotopic (exact) mass is 374 g/mol. The van der Waals surface area contributed by atoms with E-state index in [-0.39, 0.29) is 16.6 Å². The first-order valence-corrected chi connectivity index (χ1v) is 9.42. The van der Waals surface area contributed by atoms with E-state index in [2.05, 4.69) is 29.3 Å². The molecule has 1 aliphatic heterocycles. The molecule has 0 aromatic heterocycles. The van der Waals surface area contributed by atoms with Gasteiger partial charge in [0.2, 0.25) is 0 Å². The van der Waals surface area contributed by atoms with Crippen molar-refractivity contribution in [3.05, 3.63) is 64.4 Å². The third-order valence-electron chi connectivity index (χ3n) is 5.07. The zero-order valence-corrected chi connectivity index (χ0v) is 15.9. The summed E-state index contributed by atoms with van der Waals surface area (Å²) < 4.78 is 13.9. The Kier molecular flexibility index (Phi) is 5.82. The molecule has 138 valence electrons. The molecule has 1 saturated heterocycles. The van der Waals surface area contributed by atoms with Crippen molar-refractivity contribution in [2.45, 2.75) is 32.7 Å². The van der Waals surface area contributed by atoms with Gasteiger partial charge in [-0.05, 0) is 61.6 Å². The molecule has 5 heteroatoms. The lowest BCUT2D eigenvalue weighted by atomic mass is 9.98. The van der Waals surface area contributed by atoms with Crippen molar-refractivity contribution in [3.8, 4) is 0 Å². The minimum Gasteiger partial charge on any atom is -0.372 e. The maximum atomic E-state index is 13.9. The summed E-state index contributed by atoms with van der Waals surface area (Å²) in [6.45, 7) is 6.36. The van der Waals surface area contributed by atoms with Crippen LogP contribution in [0.4, 0.5) is 10.1 Å². The van der Waals surface area contributed by atoms with E-state index in [0.717, 1.165) is 30.6 Å². The fourth-order valence-electron chi connectivity index (χ4n) is 3.27. The second-order valence-electron chi connectivity index (χ2n) is 7.08. The highest BCUT2D eigenvalue weighted by atomic mass is 35.5. The molecule has 0 radical (unpaired) electrons. The molecular weight excluding hydrogens is 351 g/mol. The van der Waals surface area contributed by atoms with E-state index in [9.17, 15) is 9.18 Å². The summed E-state index contributed by atoms with van der Waals surface area (Å²) in [5.41, 5.74) is 2.20. The summed E-state index contributed by atoms with van der Waals surface area (Å²) >= 11 is 5.73. The Labute approximate surface area is 159 Å². The number of nitrogens with one attached hydrogen (secondary N) is 1. The smallest absolute Gasteiger partial charge is 0.254 e. The molecule has 0 bridgehead atoms. The van der Waals surface area contributed by atoms with Crippen molar-refractivity contribution >= 4 is 23.2 Å². The number of benzene rings is 2. The van der Waals surface area contributed by atoms with Gasteiger partial charge in [0.1, 0.15) is 5.82 Å². The van der Waals surface area contributed by atoms with Gasteiger partial charge in [0.15, 0.2) is 0 Å².